The number of rotatable bonds is 11. The largest absolute Gasteiger partial charge is 0.497 e. The second kappa shape index (κ2) is 12.2. The van der Waals surface area contributed by atoms with Crippen LogP contribution in [-0.4, -0.2) is 19.3 Å². The Morgan fingerprint density at radius 3 is 2.68 bits per heavy atom. The average molecular weight is 399 g/mol. The Hall–Kier alpha value is -2.30. The van der Waals surface area contributed by atoms with Crippen molar-refractivity contribution in [3.05, 3.63) is 76.0 Å². The molecule has 0 aliphatic rings. The summed E-state index contributed by atoms with van der Waals surface area (Å²) in [6, 6.07) is 9.76. The normalized spacial score (nSPS) is 13.4. The van der Waals surface area contributed by atoms with Crippen LogP contribution >= 0.6 is 11.3 Å². The van der Waals surface area contributed by atoms with Gasteiger partial charge in [-0.25, -0.2) is 0 Å². The third-order valence-corrected chi connectivity index (χ3v) is 5.41. The van der Waals surface area contributed by atoms with E-state index in [1.165, 1.54) is 5.57 Å². The molecule has 1 aromatic heterocycles. The molecule has 1 atom stereocenters. The van der Waals surface area contributed by atoms with E-state index in [9.17, 15) is 5.11 Å². The molecule has 0 saturated carbocycles. The van der Waals surface area contributed by atoms with E-state index in [1.54, 1.807) is 25.6 Å². The molecule has 1 unspecified atom stereocenters. The van der Waals surface area contributed by atoms with Crippen molar-refractivity contribution in [3.8, 4) is 11.5 Å². The van der Waals surface area contributed by atoms with Gasteiger partial charge in [-0.3, -0.25) is 0 Å². The van der Waals surface area contributed by atoms with Crippen molar-refractivity contribution < 1.29 is 14.6 Å². The molecule has 0 fully saturated rings. The lowest BCUT2D eigenvalue weighted by atomic mass is 10.1. The zero-order valence-corrected chi connectivity index (χ0v) is 17.7. The quantitative estimate of drug-likeness (QED) is 0.343. The first-order valence-electron chi connectivity index (χ1n) is 9.56. The predicted octanol–water partition coefficient (Wildman–Crippen LogP) is 6.58. The summed E-state index contributed by atoms with van der Waals surface area (Å²) in [5, 5.41) is 12.1. The topological polar surface area (TPSA) is 38.7 Å². The molecule has 0 radical (unpaired) electrons. The molecule has 2 rings (SSSR count). The van der Waals surface area contributed by atoms with E-state index in [2.05, 4.69) is 37.3 Å². The van der Waals surface area contributed by atoms with Crippen LogP contribution in [0.4, 0.5) is 0 Å². The Labute approximate surface area is 172 Å². The van der Waals surface area contributed by atoms with Crippen molar-refractivity contribution in [2.45, 2.75) is 38.7 Å². The number of methoxy groups -OCH3 is 2. The summed E-state index contributed by atoms with van der Waals surface area (Å²) in [6.45, 7) is 2.11. The molecule has 0 amide bonds. The van der Waals surface area contributed by atoms with Gasteiger partial charge in [0.15, 0.2) is 0 Å². The maximum absolute atomic E-state index is 10.1. The standard InChI is InChI=1S/C24H30O3S/c1-19(13-15-22(25)24-12-9-17-28-24)10-7-5-4-6-8-11-20-18-21(26-2)14-16-23(20)27-3/h5,7-12,14,16-18,22,25H,4,6,13,15H2,1-3H3/b7-5+,11-8-,19-10+. The van der Waals surface area contributed by atoms with Crippen LogP contribution < -0.4 is 9.47 Å². The molecule has 0 spiro atoms. The van der Waals surface area contributed by atoms with Crippen molar-refractivity contribution in [2.75, 3.05) is 14.2 Å². The van der Waals surface area contributed by atoms with Gasteiger partial charge < -0.3 is 14.6 Å². The number of unbranched alkanes of at least 4 members (excludes halogenated alkanes) is 1. The highest BCUT2D eigenvalue weighted by Crippen LogP contribution is 2.26. The van der Waals surface area contributed by atoms with E-state index in [1.807, 2.05) is 35.7 Å². The van der Waals surface area contributed by atoms with Gasteiger partial charge in [0.05, 0.1) is 20.3 Å². The molecule has 150 valence electrons. The lowest BCUT2D eigenvalue weighted by molar-refractivity contribution is 0.171. The smallest absolute Gasteiger partial charge is 0.126 e. The molecule has 1 N–H and O–H groups in total. The Balaban J connectivity index is 1.73. The molecule has 0 bridgehead atoms. The molecule has 0 aliphatic carbocycles. The fourth-order valence-corrected chi connectivity index (χ4v) is 3.52. The van der Waals surface area contributed by atoms with Gasteiger partial charge in [-0.2, -0.15) is 0 Å². The van der Waals surface area contributed by atoms with Crippen LogP contribution in [0.25, 0.3) is 6.08 Å². The van der Waals surface area contributed by atoms with Crippen molar-refractivity contribution >= 4 is 17.4 Å². The predicted molar refractivity (Wildman–Crippen MR) is 119 cm³/mol. The maximum Gasteiger partial charge on any atom is 0.126 e. The van der Waals surface area contributed by atoms with Gasteiger partial charge in [-0.05, 0) is 62.3 Å². The molecule has 1 heterocycles. The summed E-state index contributed by atoms with van der Waals surface area (Å²) < 4.78 is 10.7. The van der Waals surface area contributed by atoms with Crippen molar-refractivity contribution in [1.82, 2.24) is 0 Å². The van der Waals surface area contributed by atoms with Gasteiger partial charge in [-0.15, -0.1) is 11.3 Å². The number of aliphatic hydroxyl groups is 1. The van der Waals surface area contributed by atoms with Crippen LogP contribution in [-0.2, 0) is 0 Å². The van der Waals surface area contributed by atoms with Crippen molar-refractivity contribution in [2.24, 2.45) is 0 Å². The van der Waals surface area contributed by atoms with Gasteiger partial charge >= 0.3 is 0 Å². The fourth-order valence-electron chi connectivity index (χ4n) is 2.77. The SMILES string of the molecule is COc1ccc(OC)c(/C=C\CC/C=C/C=C(\C)CCC(O)c2cccs2)c1. The third kappa shape index (κ3) is 7.37. The first-order chi connectivity index (χ1) is 13.6. The molecular formula is C24H30O3S. The number of thiophene rings is 1. The zero-order chi connectivity index (χ0) is 20.2. The van der Waals surface area contributed by atoms with Crippen LogP contribution in [0.5, 0.6) is 11.5 Å². The minimum atomic E-state index is -0.355. The minimum absolute atomic E-state index is 0.355. The maximum atomic E-state index is 10.1. The highest BCUT2D eigenvalue weighted by atomic mass is 32.1. The molecule has 1 aromatic carbocycles. The molecular weight excluding hydrogens is 368 g/mol. The lowest BCUT2D eigenvalue weighted by Crippen LogP contribution is -1.94. The van der Waals surface area contributed by atoms with Crippen molar-refractivity contribution in [3.63, 3.8) is 0 Å². The van der Waals surface area contributed by atoms with Crippen LogP contribution in [0.1, 0.15) is 49.2 Å². The second-order valence-electron chi connectivity index (χ2n) is 6.60. The number of allylic oxidation sites excluding steroid dienone is 5. The number of hydrogen-bond acceptors (Lipinski definition) is 4. The highest BCUT2D eigenvalue weighted by Gasteiger charge is 2.07. The monoisotopic (exact) mass is 398 g/mol. The minimum Gasteiger partial charge on any atom is -0.497 e. The second-order valence-corrected chi connectivity index (χ2v) is 7.58. The summed E-state index contributed by atoms with van der Waals surface area (Å²) in [7, 11) is 3.34. The fraction of sp³-hybridized carbons (Fsp3) is 0.333. The Morgan fingerprint density at radius 2 is 1.96 bits per heavy atom. The van der Waals surface area contributed by atoms with Crippen LogP contribution in [0.3, 0.4) is 0 Å². The van der Waals surface area contributed by atoms with Gasteiger partial charge in [0, 0.05) is 10.4 Å². The van der Waals surface area contributed by atoms with Crippen LogP contribution in [0, 0.1) is 0 Å². The molecule has 4 heteroatoms. The molecule has 2 aromatic rings. The average Bonchev–Trinajstić information content (AvgIpc) is 3.26. The highest BCUT2D eigenvalue weighted by molar-refractivity contribution is 7.10. The van der Waals surface area contributed by atoms with E-state index in [0.29, 0.717) is 0 Å². The zero-order valence-electron chi connectivity index (χ0n) is 16.9. The third-order valence-electron chi connectivity index (χ3n) is 4.43. The van der Waals surface area contributed by atoms with E-state index in [4.69, 9.17) is 9.47 Å². The summed E-state index contributed by atoms with van der Waals surface area (Å²) in [6.07, 6.45) is 13.9. The number of ether oxygens (including phenoxy) is 2. The Kier molecular flexibility index (Phi) is 9.60. The first kappa shape index (κ1) is 22.0. The molecule has 3 nitrogen and oxygen atoms in total. The van der Waals surface area contributed by atoms with Gasteiger partial charge in [0.1, 0.15) is 11.5 Å². The summed E-state index contributed by atoms with van der Waals surface area (Å²) in [5.41, 5.74) is 2.30. The van der Waals surface area contributed by atoms with E-state index < -0.39 is 0 Å². The van der Waals surface area contributed by atoms with E-state index in [-0.39, 0.29) is 6.10 Å². The van der Waals surface area contributed by atoms with Gasteiger partial charge in [0.2, 0.25) is 0 Å². The molecule has 0 aliphatic heterocycles. The van der Waals surface area contributed by atoms with Gasteiger partial charge in [-0.1, -0.05) is 42.0 Å². The summed E-state index contributed by atoms with van der Waals surface area (Å²) in [4.78, 5) is 1.04. The number of hydrogen-bond donors (Lipinski definition) is 1. The lowest BCUT2D eigenvalue weighted by Gasteiger charge is -2.07. The molecule has 28 heavy (non-hydrogen) atoms. The van der Waals surface area contributed by atoms with Crippen molar-refractivity contribution in [1.29, 1.82) is 0 Å². The number of benzene rings is 1. The van der Waals surface area contributed by atoms with Crippen LogP contribution in [0.2, 0.25) is 0 Å². The van der Waals surface area contributed by atoms with E-state index in [0.717, 1.165) is 47.6 Å². The summed E-state index contributed by atoms with van der Waals surface area (Å²) >= 11 is 1.61. The Bertz CT molecular complexity index is 788. The molecule has 0 saturated heterocycles. The summed E-state index contributed by atoms with van der Waals surface area (Å²) in [5.74, 6) is 1.67. The first-order valence-corrected chi connectivity index (χ1v) is 10.4. The number of aliphatic hydroxyl groups excluding tert-OH is 1. The van der Waals surface area contributed by atoms with E-state index >= 15 is 0 Å². The Morgan fingerprint density at radius 1 is 1.14 bits per heavy atom. The van der Waals surface area contributed by atoms with Crippen LogP contribution in [0.15, 0.2) is 65.6 Å². The van der Waals surface area contributed by atoms with Gasteiger partial charge in [0.25, 0.3) is 0 Å².